The summed E-state index contributed by atoms with van der Waals surface area (Å²) < 4.78 is 0. The maximum atomic E-state index is 4.30. The van der Waals surface area contributed by atoms with Gasteiger partial charge in [0.2, 0.25) is 0 Å². The van der Waals surface area contributed by atoms with Crippen LogP contribution in [0.2, 0.25) is 0 Å². The lowest BCUT2D eigenvalue weighted by Gasteiger charge is -2.02. The average molecular weight is 187 g/mol. The van der Waals surface area contributed by atoms with Gasteiger partial charge in [0.25, 0.3) is 0 Å². The summed E-state index contributed by atoms with van der Waals surface area (Å²) in [7, 11) is 0. The molecule has 0 spiro atoms. The Labute approximate surface area is 79.1 Å². The third kappa shape index (κ3) is 3.00. The first-order valence-electron chi connectivity index (χ1n) is 3.20. The Bertz CT molecular complexity index is 208. The van der Waals surface area contributed by atoms with E-state index in [1.807, 2.05) is 36.4 Å². The number of rotatable bonds is 2. The van der Waals surface area contributed by atoms with Crippen molar-refractivity contribution in [3.8, 4) is 0 Å². The zero-order valence-corrected chi connectivity index (χ0v) is 7.81. The fraction of sp³-hybridized carbons (Fsp3) is 0.111. The second-order valence-corrected chi connectivity index (χ2v) is 2.65. The van der Waals surface area contributed by atoms with Crippen LogP contribution >= 0.6 is 25.0 Å². The zero-order valence-electron chi connectivity index (χ0n) is 6.10. The third-order valence-corrected chi connectivity index (χ3v) is 1.87. The smallest absolute Gasteiger partial charge is 0.0444 e. The molecule has 0 radical (unpaired) electrons. The second-order valence-electron chi connectivity index (χ2n) is 2.09. The predicted molar refractivity (Wildman–Crippen MR) is 55.6 cm³/mol. The summed E-state index contributed by atoms with van der Waals surface area (Å²) >= 11 is 4.30. The first kappa shape index (κ1) is 10.6. The maximum Gasteiger partial charge on any atom is 0.0444 e. The molecule has 0 heterocycles. The lowest BCUT2D eigenvalue weighted by atomic mass is 10.1. The van der Waals surface area contributed by atoms with Crippen molar-refractivity contribution in [2.24, 2.45) is 0 Å². The van der Waals surface area contributed by atoms with E-state index in [0.29, 0.717) is 0 Å². The summed E-state index contributed by atoms with van der Waals surface area (Å²) in [5.41, 5.74) is 1.20. The first-order valence-corrected chi connectivity index (χ1v) is 3.72. The Morgan fingerprint density at radius 2 is 1.82 bits per heavy atom. The van der Waals surface area contributed by atoms with Gasteiger partial charge in [0.05, 0.1) is 0 Å². The Hall–Kier alpha value is -0.400. The third-order valence-electron chi connectivity index (χ3n) is 1.36. The minimum atomic E-state index is 0. The topological polar surface area (TPSA) is 0 Å². The summed E-state index contributed by atoms with van der Waals surface area (Å²) in [5, 5.41) is 0.168. The van der Waals surface area contributed by atoms with Gasteiger partial charge in [-0.2, -0.15) is 12.6 Å². The molecular weight excluding hydrogens is 176 g/mol. The summed E-state index contributed by atoms with van der Waals surface area (Å²) in [6.07, 6.45) is 1.82. The molecule has 0 bridgehead atoms. The molecule has 0 amide bonds. The Morgan fingerprint density at radius 1 is 1.27 bits per heavy atom. The van der Waals surface area contributed by atoms with E-state index >= 15 is 0 Å². The van der Waals surface area contributed by atoms with Crippen LogP contribution in [0.3, 0.4) is 0 Å². The van der Waals surface area contributed by atoms with E-state index < -0.39 is 0 Å². The van der Waals surface area contributed by atoms with Gasteiger partial charge in [-0.05, 0) is 5.56 Å². The monoisotopic (exact) mass is 186 g/mol. The Morgan fingerprint density at radius 3 is 2.27 bits per heavy atom. The van der Waals surface area contributed by atoms with E-state index in [-0.39, 0.29) is 17.7 Å². The van der Waals surface area contributed by atoms with E-state index in [1.165, 1.54) is 5.56 Å². The highest BCUT2D eigenvalue weighted by Crippen LogP contribution is 2.19. The summed E-state index contributed by atoms with van der Waals surface area (Å²) in [5.74, 6) is 0. The molecule has 0 saturated heterocycles. The van der Waals surface area contributed by atoms with Crippen molar-refractivity contribution in [2.45, 2.75) is 5.25 Å². The van der Waals surface area contributed by atoms with Crippen molar-refractivity contribution < 1.29 is 0 Å². The van der Waals surface area contributed by atoms with Crippen molar-refractivity contribution >= 4 is 25.0 Å². The van der Waals surface area contributed by atoms with Gasteiger partial charge in [-0.1, -0.05) is 36.4 Å². The molecule has 1 rings (SSSR count). The molecule has 0 fully saturated rings. The molecule has 0 aromatic heterocycles. The number of benzene rings is 1. The van der Waals surface area contributed by atoms with E-state index in [0.717, 1.165) is 0 Å². The van der Waals surface area contributed by atoms with Crippen LogP contribution in [0, 0.1) is 0 Å². The lowest BCUT2D eigenvalue weighted by molar-refractivity contribution is 1.25. The molecule has 0 saturated carbocycles. The van der Waals surface area contributed by atoms with Crippen LogP contribution in [0.15, 0.2) is 43.0 Å². The Balaban J connectivity index is 0.000001000. The quantitative estimate of drug-likeness (QED) is 0.532. The van der Waals surface area contributed by atoms with Gasteiger partial charge in [0, 0.05) is 5.25 Å². The highest BCUT2D eigenvalue weighted by atomic mass is 35.5. The molecule has 0 aliphatic rings. The fourth-order valence-electron chi connectivity index (χ4n) is 0.786. The van der Waals surface area contributed by atoms with E-state index in [1.54, 1.807) is 0 Å². The van der Waals surface area contributed by atoms with Crippen LogP contribution in [0.5, 0.6) is 0 Å². The van der Waals surface area contributed by atoms with Crippen molar-refractivity contribution in [2.75, 3.05) is 0 Å². The van der Waals surface area contributed by atoms with Crippen LogP contribution < -0.4 is 0 Å². The summed E-state index contributed by atoms with van der Waals surface area (Å²) in [4.78, 5) is 0. The largest absolute Gasteiger partial charge is 0.167 e. The van der Waals surface area contributed by atoms with Crippen LogP contribution in [0.25, 0.3) is 0 Å². The molecule has 0 aliphatic heterocycles. The van der Waals surface area contributed by atoms with Crippen molar-refractivity contribution in [3.63, 3.8) is 0 Å². The van der Waals surface area contributed by atoms with Crippen molar-refractivity contribution in [1.82, 2.24) is 0 Å². The lowest BCUT2D eigenvalue weighted by Crippen LogP contribution is -1.82. The van der Waals surface area contributed by atoms with Gasteiger partial charge < -0.3 is 0 Å². The second kappa shape index (κ2) is 5.28. The van der Waals surface area contributed by atoms with Crippen LogP contribution in [0.4, 0.5) is 0 Å². The minimum Gasteiger partial charge on any atom is -0.167 e. The molecular formula is C9H11ClS. The first-order chi connectivity index (χ1) is 4.84. The van der Waals surface area contributed by atoms with Gasteiger partial charge >= 0.3 is 0 Å². The molecule has 1 aromatic carbocycles. The molecule has 2 heteroatoms. The summed E-state index contributed by atoms with van der Waals surface area (Å²) in [6.45, 7) is 3.66. The van der Waals surface area contributed by atoms with Gasteiger partial charge in [-0.15, -0.1) is 19.0 Å². The maximum absolute atomic E-state index is 4.30. The van der Waals surface area contributed by atoms with Gasteiger partial charge in [0.15, 0.2) is 0 Å². The average Bonchev–Trinajstić information content (AvgIpc) is 2.05. The van der Waals surface area contributed by atoms with Crippen LogP contribution in [-0.2, 0) is 0 Å². The van der Waals surface area contributed by atoms with Crippen LogP contribution in [-0.4, -0.2) is 0 Å². The highest BCUT2D eigenvalue weighted by molar-refractivity contribution is 7.80. The summed E-state index contributed by atoms with van der Waals surface area (Å²) in [6, 6.07) is 10.1. The van der Waals surface area contributed by atoms with E-state index in [2.05, 4.69) is 19.2 Å². The molecule has 11 heavy (non-hydrogen) atoms. The van der Waals surface area contributed by atoms with Gasteiger partial charge in [0.1, 0.15) is 0 Å². The predicted octanol–water partition coefficient (Wildman–Crippen LogP) is 3.27. The minimum absolute atomic E-state index is 0. The standard InChI is InChI=1S/C9H10S.ClH/c1-2-9(10)8-6-4-3-5-7-8;/h2-7,9-10H,1H2;1H. The molecule has 1 unspecified atom stereocenters. The molecule has 60 valence electrons. The van der Waals surface area contributed by atoms with E-state index in [4.69, 9.17) is 0 Å². The number of thiol groups is 1. The number of hydrogen-bond donors (Lipinski definition) is 1. The SMILES string of the molecule is C=CC(S)c1ccccc1.Cl. The van der Waals surface area contributed by atoms with E-state index in [9.17, 15) is 0 Å². The van der Waals surface area contributed by atoms with Crippen LogP contribution in [0.1, 0.15) is 10.8 Å². The van der Waals surface area contributed by atoms with Crippen molar-refractivity contribution in [1.29, 1.82) is 0 Å². The van der Waals surface area contributed by atoms with Crippen molar-refractivity contribution in [3.05, 3.63) is 48.6 Å². The molecule has 0 N–H and O–H groups in total. The highest BCUT2D eigenvalue weighted by Gasteiger charge is 1.97. The molecule has 1 aromatic rings. The fourth-order valence-corrected chi connectivity index (χ4v) is 0.958. The normalized spacial score (nSPS) is 11.4. The molecule has 0 nitrogen and oxygen atoms in total. The molecule has 0 aliphatic carbocycles. The van der Waals surface area contributed by atoms with Gasteiger partial charge in [-0.3, -0.25) is 0 Å². The Kier molecular flexibility index (Phi) is 5.08. The molecule has 1 atom stereocenters. The number of hydrogen-bond acceptors (Lipinski definition) is 1. The van der Waals surface area contributed by atoms with Gasteiger partial charge in [-0.25, -0.2) is 0 Å². The zero-order chi connectivity index (χ0) is 7.40. The number of halogens is 1.